The molecular formula is C58H37NO. The van der Waals surface area contributed by atoms with E-state index in [1.807, 2.05) is 0 Å². The Labute approximate surface area is 347 Å². The molecule has 12 rings (SSSR count). The van der Waals surface area contributed by atoms with Gasteiger partial charge in [0.25, 0.3) is 0 Å². The number of furan rings is 1. The van der Waals surface area contributed by atoms with Gasteiger partial charge in [0.15, 0.2) is 0 Å². The van der Waals surface area contributed by atoms with Gasteiger partial charge in [-0.05, 0) is 125 Å². The fourth-order valence-corrected chi connectivity index (χ4v) is 9.42. The Morgan fingerprint density at radius 3 is 1.68 bits per heavy atom. The van der Waals surface area contributed by atoms with Crippen molar-refractivity contribution >= 4 is 82.1 Å². The van der Waals surface area contributed by atoms with Gasteiger partial charge < -0.3 is 9.32 Å². The second-order valence-electron chi connectivity index (χ2n) is 15.6. The van der Waals surface area contributed by atoms with Crippen LogP contribution in [0.3, 0.4) is 0 Å². The summed E-state index contributed by atoms with van der Waals surface area (Å²) in [5.74, 6) is 0. The molecule has 0 atom stereocenters. The average Bonchev–Trinajstić information content (AvgIpc) is 3.69. The Morgan fingerprint density at radius 2 is 0.867 bits per heavy atom. The van der Waals surface area contributed by atoms with E-state index < -0.39 is 0 Å². The van der Waals surface area contributed by atoms with E-state index in [0.29, 0.717) is 0 Å². The van der Waals surface area contributed by atoms with Crippen LogP contribution < -0.4 is 4.90 Å². The maximum atomic E-state index is 6.63. The standard InChI is InChI=1S/C58H37NO/c1-2-13-38(14-3-1)46-19-8-9-20-47(46)40-27-30-44(31-28-40)59(55-25-12-26-56-58(55)54-36-41-16-4-5-17-42(41)37-57(54)60-56)45-32-34-49-43(35-45)18-10-22-51(49)52-24-11-23-50-48-21-7-6-15-39(48)29-33-53(50)52/h1-37H. The molecule has 0 saturated heterocycles. The van der Waals surface area contributed by atoms with Gasteiger partial charge >= 0.3 is 0 Å². The van der Waals surface area contributed by atoms with E-state index in [4.69, 9.17) is 4.42 Å². The molecule has 0 aliphatic carbocycles. The van der Waals surface area contributed by atoms with Crippen LogP contribution in [-0.4, -0.2) is 0 Å². The molecule has 12 aromatic rings. The molecule has 1 aromatic heterocycles. The van der Waals surface area contributed by atoms with Gasteiger partial charge in [-0.3, -0.25) is 0 Å². The Kier molecular flexibility index (Phi) is 7.89. The first kappa shape index (κ1) is 34.1. The maximum absolute atomic E-state index is 6.63. The number of fused-ring (bicyclic) bond motifs is 8. The summed E-state index contributed by atoms with van der Waals surface area (Å²) in [5.41, 5.74) is 12.2. The van der Waals surface area contributed by atoms with Crippen LogP contribution in [0.5, 0.6) is 0 Å². The Morgan fingerprint density at radius 1 is 0.283 bits per heavy atom. The first-order chi connectivity index (χ1) is 29.7. The van der Waals surface area contributed by atoms with E-state index >= 15 is 0 Å². The van der Waals surface area contributed by atoms with Crippen LogP contribution in [0, 0.1) is 0 Å². The van der Waals surface area contributed by atoms with Gasteiger partial charge in [0.05, 0.1) is 11.1 Å². The van der Waals surface area contributed by atoms with Crippen molar-refractivity contribution in [1.82, 2.24) is 0 Å². The quantitative estimate of drug-likeness (QED) is 0.157. The van der Waals surface area contributed by atoms with Gasteiger partial charge in [-0.2, -0.15) is 0 Å². The van der Waals surface area contributed by atoms with Crippen LogP contribution in [0.2, 0.25) is 0 Å². The van der Waals surface area contributed by atoms with Crippen LogP contribution in [0.15, 0.2) is 229 Å². The Bertz CT molecular complexity index is 3600. The molecule has 0 aliphatic rings. The second kappa shape index (κ2) is 13.9. The van der Waals surface area contributed by atoms with Crippen LogP contribution >= 0.6 is 0 Å². The molecule has 0 N–H and O–H groups in total. The molecule has 60 heavy (non-hydrogen) atoms. The molecular weight excluding hydrogens is 727 g/mol. The molecule has 280 valence electrons. The highest BCUT2D eigenvalue weighted by molar-refractivity contribution is 6.17. The molecule has 0 aliphatic heterocycles. The molecule has 11 aromatic carbocycles. The summed E-state index contributed by atoms with van der Waals surface area (Å²) in [6.45, 7) is 0. The van der Waals surface area contributed by atoms with Gasteiger partial charge in [-0.1, -0.05) is 176 Å². The normalized spacial score (nSPS) is 11.7. The molecule has 2 nitrogen and oxygen atoms in total. The predicted octanol–water partition coefficient (Wildman–Crippen LogP) is 16.7. The minimum absolute atomic E-state index is 0.864. The number of benzene rings is 11. The van der Waals surface area contributed by atoms with E-state index in [1.54, 1.807) is 0 Å². The summed E-state index contributed by atoms with van der Waals surface area (Å²) in [4.78, 5) is 2.40. The number of hydrogen-bond donors (Lipinski definition) is 0. The van der Waals surface area contributed by atoms with Crippen molar-refractivity contribution in [3.63, 3.8) is 0 Å². The van der Waals surface area contributed by atoms with Crippen molar-refractivity contribution in [1.29, 1.82) is 0 Å². The van der Waals surface area contributed by atoms with E-state index in [0.717, 1.165) is 39.0 Å². The average molecular weight is 764 g/mol. The topological polar surface area (TPSA) is 16.4 Å². The molecule has 0 saturated carbocycles. The van der Waals surface area contributed by atoms with Gasteiger partial charge in [0, 0.05) is 16.8 Å². The van der Waals surface area contributed by atoms with Crippen LogP contribution in [-0.2, 0) is 0 Å². The zero-order valence-corrected chi connectivity index (χ0v) is 32.7. The lowest BCUT2D eigenvalue weighted by molar-refractivity contribution is 0.669. The summed E-state index contributed by atoms with van der Waals surface area (Å²) in [7, 11) is 0. The SMILES string of the molecule is c1ccc(-c2ccccc2-c2ccc(N(c3ccc4c(-c5cccc6c5ccc5ccccc56)cccc4c3)c3cccc4oc5cc6ccccc6cc5c34)cc2)cc1. The van der Waals surface area contributed by atoms with Crippen LogP contribution in [0.25, 0.3) is 98.4 Å². The summed E-state index contributed by atoms with van der Waals surface area (Å²) in [5, 5.41) is 12.0. The summed E-state index contributed by atoms with van der Waals surface area (Å²) >= 11 is 0. The fourth-order valence-electron chi connectivity index (χ4n) is 9.42. The van der Waals surface area contributed by atoms with Crippen molar-refractivity contribution in [3.05, 3.63) is 224 Å². The summed E-state index contributed by atoms with van der Waals surface area (Å²) in [6, 6.07) is 81.3. The van der Waals surface area contributed by atoms with Gasteiger partial charge in [0.2, 0.25) is 0 Å². The highest BCUT2D eigenvalue weighted by Gasteiger charge is 2.21. The third-order valence-corrected chi connectivity index (χ3v) is 12.2. The molecule has 0 spiro atoms. The molecule has 1 heterocycles. The highest BCUT2D eigenvalue weighted by atomic mass is 16.3. The lowest BCUT2D eigenvalue weighted by atomic mass is 9.92. The van der Waals surface area contributed by atoms with E-state index in [2.05, 4.69) is 229 Å². The maximum Gasteiger partial charge on any atom is 0.137 e. The monoisotopic (exact) mass is 763 g/mol. The predicted molar refractivity (Wildman–Crippen MR) is 255 cm³/mol. The first-order valence-corrected chi connectivity index (χ1v) is 20.6. The molecule has 0 bridgehead atoms. The Balaban J connectivity index is 1.05. The third-order valence-electron chi connectivity index (χ3n) is 12.2. The van der Waals surface area contributed by atoms with Crippen molar-refractivity contribution in [3.8, 4) is 33.4 Å². The smallest absolute Gasteiger partial charge is 0.137 e. The zero-order chi connectivity index (χ0) is 39.6. The summed E-state index contributed by atoms with van der Waals surface area (Å²) in [6.07, 6.45) is 0. The van der Waals surface area contributed by atoms with Gasteiger partial charge in [0.1, 0.15) is 11.2 Å². The van der Waals surface area contributed by atoms with Gasteiger partial charge in [-0.15, -0.1) is 0 Å². The van der Waals surface area contributed by atoms with E-state index in [-0.39, 0.29) is 0 Å². The molecule has 0 amide bonds. The number of hydrogen-bond acceptors (Lipinski definition) is 2. The summed E-state index contributed by atoms with van der Waals surface area (Å²) < 4.78 is 6.63. The largest absolute Gasteiger partial charge is 0.456 e. The number of anilines is 3. The van der Waals surface area contributed by atoms with Crippen molar-refractivity contribution in [2.75, 3.05) is 4.90 Å². The Hall–Kier alpha value is -7.94. The minimum Gasteiger partial charge on any atom is -0.456 e. The number of nitrogens with zero attached hydrogens (tertiary/aromatic N) is 1. The van der Waals surface area contributed by atoms with Crippen LogP contribution in [0.4, 0.5) is 17.1 Å². The molecule has 2 heteroatoms. The minimum atomic E-state index is 0.864. The lowest BCUT2D eigenvalue weighted by Gasteiger charge is -2.27. The third kappa shape index (κ3) is 5.57. The second-order valence-corrected chi connectivity index (χ2v) is 15.6. The molecule has 0 unspecified atom stereocenters. The molecule has 0 radical (unpaired) electrons. The van der Waals surface area contributed by atoms with Gasteiger partial charge in [-0.25, -0.2) is 0 Å². The van der Waals surface area contributed by atoms with E-state index in [9.17, 15) is 0 Å². The highest BCUT2D eigenvalue weighted by Crippen LogP contribution is 2.46. The number of rotatable bonds is 6. The first-order valence-electron chi connectivity index (χ1n) is 20.6. The fraction of sp³-hybridized carbons (Fsp3) is 0. The van der Waals surface area contributed by atoms with Crippen molar-refractivity contribution < 1.29 is 4.42 Å². The van der Waals surface area contributed by atoms with Crippen molar-refractivity contribution in [2.45, 2.75) is 0 Å². The zero-order valence-electron chi connectivity index (χ0n) is 32.7. The lowest BCUT2D eigenvalue weighted by Crippen LogP contribution is -2.10. The van der Waals surface area contributed by atoms with Crippen molar-refractivity contribution in [2.24, 2.45) is 0 Å². The van der Waals surface area contributed by atoms with E-state index in [1.165, 1.54) is 76.5 Å². The molecule has 0 fully saturated rings. The van der Waals surface area contributed by atoms with Crippen LogP contribution in [0.1, 0.15) is 0 Å².